The van der Waals surface area contributed by atoms with Gasteiger partial charge in [0, 0.05) is 11.6 Å². The monoisotopic (exact) mass is 440 g/mol. The Bertz CT molecular complexity index is 1250. The van der Waals surface area contributed by atoms with Gasteiger partial charge in [-0.2, -0.15) is 5.26 Å². The number of benzene rings is 3. The molecule has 4 rings (SSSR count). The number of hydrogen-bond donors (Lipinski definition) is 2. The first kappa shape index (κ1) is 22.1. The van der Waals surface area contributed by atoms with Crippen LogP contribution >= 0.6 is 0 Å². The Balaban J connectivity index is 1.64. The molecular weight excluding hydrogens is 416 g/mol. The van der Waals surface area contributed by atoms with Gasteiger partial charge in [0.25, 0.3) is 5.91 Å². The Morgan fingerprint density at radius 1 is 1.06 bits per heavy atom. The van der Waals surface area contributed by atoms with Crippen LogP contribution in [0.4, 0.5) is 0 Å². The van der Waals surface area contributed by atoms with Crippen molar-refractivity contribution >= 4 is 28.7 Å². The number of nitrogens with one attached hydrogen (secondary N) is 1. The molecule has 2 N–H and O–H groups in total. The Morgan fingerprint density at radius 3 is 2.48 bits per heavy atom. The van der Waals surface area contributed by atoms with E-state index in [0.717, 1.165) is 42.0 Å². The van der Waals surface area contributed by atoms with Gasteiger partial charge in [0.1, 0.15) is 24.0 Å². The lowest BCUT2D eigenvalue weighted by Gasteiger charge is -2.14. The van der Waals surface area contributed by atoms with E-state index in [1.807, 2.05) is 42.5 Å². The first-order valence-corrected chi connectivity index (χ1v) is 10.9. The van der Waals surface area contributed by atoms with Crippen LogP contribution in [0.5, 0.6) is 5.75 Å². The van der Waals surface area contributed by atoms with E-state index in [1.54, 1.807) is 18.2 Å². The van der Waals surface area contributed by atoms with Crippen LogP contribution in [0.25, 0.3) is 16.8 Å². The molecule has 0 spiro atoms. The van der Waals surface area contributed by atoms with E-state index in [1.165, 1.54) is 12.1 Å². The molecule has 1 aliphatic rings. The maximum atomic E-state index is 12.8. The molecular formula is C27H24N2O4. The van der Waals surface area contributed by atoms with Crippen molar-refractivity contribution in [2.24, 2.45) is 0 Å². The van der Waals surface area contributed by atoms with E-state index in [0.29, 0.717) is 11.3 Å². The lowest BCUT2D eigenvalue weighted by atomic mass is 10.0. The molecule has 0 aliphatic heterocycles. The molecule has 1 amide bonds. The highest BCUT2D eigenvalue weighted by atomic mass is 16.5. The number of carbonyl (C=O) groups excluding carboxylic acids is 1. The second kappa shape index (κ2) is 10.0. The number of carboxylic acids is 1. The maximum absolute atomic E-state index is 12.8. The number of rotatable bonds is 7. The van der Waals surface area contributed by atoms with Gasteiger partial charge in [0.2, 0.25) is 0 Å². The largest absolute Gasteiger partial charge is 0.488 e. The molecule has 166 valence electrons. The summed E-state index contributed by atoms with van der Waals surface area (Å²) in [5.74, 6) is -0.811. The van der Waals surface area contributed by atoms with Crippen LogP contribution in [0.15, 0.2) is 66.2 Å². The summed E-state index contributed by atoms with van der Waals surface area (Å²) in [4.78, 5) is 23.8. The molecule has 0 saturated heterocycles. The summed E-state index contributed by atoms with van der Waals surface area (Å²) in [6.45, 7) is 0.217. The van der Waals surface area contributed by atoms with Crippen LogP contribution in [0, 0.1) is 11.3 Å². The Morgan fingerprint density at radius 2 is 1.79 bits per heavy atom. The van der Waals surface area contributed by atoms with Crippen molar-refractivity contribution in [3.8, 4) is 11.8 Å². The third-order valence-corrected chi connectivity index (χ3v) is 5.87. The minimum absolute atomic E-state index is 0.0360. The normalized spacial score (nSPS) is 14.1. The topological polar surface area (TPSA) is 99.4 Å². The smallest absolute Gasteiger partial charge is 0.335 e. The van der Waals surface area contributed by atoms with Crippen molar-refractivity contribution in [3.63, 3.8) is 0 Å². The summed E-state index contributed by atoms with van der Waals surface area (Å²) in [7, 11) is 0. The molecule has 1 saturated carbocycles. The zero-order valence-electron chi connectivity index (χ0n) is 18.1. The van der Waals surface area contributed by atoms with Gasteiger partial charge < -0.3 is 15.2 Å². The number of nitrogens with zero attached hydrogens (tertiary/aromatic N) is 1. The van der Waals surface area contributed by atoms with Gasteiger partial charge in [0.05, 0.1) is 5.56 Å². The van der Waals surface area contributed by atoms with E-state index in [2.05, 4.69) is 5.32 Å². The third kappa shape index (κ3) is 5.21. The average molecular weight is 440 g/mol. The van der Waals surface area contributed by atoms with Gasteiger partial charge >= 0.3 is 5.97 Å². The van der Waals surface area contributed by atoms with E-state index in [-0.39, 0.29) is 29.7 Å². The first-order chi connectivity index (χ1) is 16.0. The Kier molecular flexibility index (Phi) is 6.70. The molecule has 3 aromatic rings. The van der Waals surface area contributed by atoms with E-state index >= 15 is 0 Å². The van der Waals surface area contributed by atoms with Gasteiger partial charge in [-0.1, -0.05) is 55.3 Å². The second-order valence-corrected chi connectivity index (χ2v) is 8.11. The molecule has 0 radical (unpaired) electrons. The molecule has 3 aromatic carbocycles. The van der Waals surface area contributed by atoms with Crippen LogP contribution in [0.3, 0.4) is 0 Å². The van der Waals surface area contributed by atoms with Crippen LogP contribution in [-0.4, -0.2) is 23.0 Å². The predicted octanol–water partition coefficient (Wildman–Crippen LogP) is 5.08. The van der Waals surface area contributed by atoms with Crippen molar-refractivity contribution in [2.75, 3.05) is 0 Å². The van der Waals surface area contributed by atoms with Crippen LogP contribution in [0.2, 0.25) is 0 Å². The number of aromatic carboxylic acids is 1. The molecule has 0 bridgehead atoms. The van der Waals surface area contributed by atoms with E-state index in [9.17, 15) is 14.9 Å². The van der Waals surface area contributed by atoms with E-state index in [4.69, 9.17) is 9.84 Å². The predicted molar refractivity (Wildman–Crippen MR) is 126 cm³/mol. The molecule has 33 heavy (non-hydrogen) atoms. The number of carbonyl (C=O) groups is 2. The lowest BCUT2D eigenvalue weighted by molar-refractivity contribution is -0.117. The Hall–Kier alpha value is -4.11. The minimum atomic E-state index is -0.982. The SMILES string of the molecule is N#C/C(=C/c1c(OCc2ccc(C(=O)O)cc2)ccc2ccccc12)C(=O)NC1CCCC1. The summed E-state index contributed by atoms with van der Waals surface area (Å²) in [5.41, 5.74) is 1.71. The van der Waals surface area contributed by atoms with Crippen molar-refractivity contribution in [1.29, 1.82) is 5.26 Å². The summed E-state index contributed by atoms with van der Waals surface area (Å²) in [6.07, 6.45) is 5.65. The fraction of sp³-hybridized carbons (Fsp3) is 0.222. The molecule has 1 aliphatic carbocycles. The van der Waals surface area contributed by atoms with Gasteiger partial charge in [-0.25, -0.2) is 4.79 Å². The minimum Gasteiger partial charge on any atom is -0.488 e. The lowest BCUT2D eigenvalue weighted by Crippen LogP contribution is -2.33. The average Bonchev–Trinajstić information content (AvgIpc) is 3.34. The number of carboxylic acid groups (broad SMARTS) is 1. The molecule has 1 fully saturated rings. The van der Waals surface area contributed by atoms with E-state index < -0.39 is 5.97 Å². The number of ether oxygens (including phenoxy) is 1. The van der Waals surface area contributed by atoms with Gasteiger partial charge in [-0.05, 0) is 53.5 Å². The van der Waals surface area contributed by atoms with Crippen LogP contribution in [0.1, 0.15) is 47.2 Å². The van der Waals surface area contributed by atoms with Crippen molar-refractivity contribution in [2.45, 2.75) is 38.3 Å². The molecule has 0 unspecified atom stereocenters. The Labute approximate surface area is 192 Å². The molecule has 0 heterocycles. The van der Waals surface area contributed by atoms with Crippen molar-refractivity contribution < 1.29 is 19.4 Å². The number of amides is 1. The number of hydrogen-bond acceptors (Lipinski definition) is 4. The van der Waals surface area contributed by atoms with Gasteiger partial charge in [-0.15, -0.1) is 0 Å². The summed E-state index contributed by atoms with van der Waals surface area (Å²) < 4.78 is 6.06. The van der Waals surface area contributed by atoms with Crippen molar-refractivity contribution in [3.05, 3.63) is 82.9 Å². The van der Waals surface area contributed by atoms with Crippen LogP contribution in [-0.2, 0) is 11.4 Å². The summed E-state index contributed by atoms with van der Waals surface area (Å²) in [6, 6.07) is 20.1. The first-order valence-electron chi connectivity index (χ1n) is 10.9. The van der Waals surface area contributed by atoms with Crippen LogP contribution < -0.4 is 10.1 Å². The molecule has 6 nitrogen and oxygen atoms in total. The highest BCUT2D eigenvalue weighted by Crippen LogP contribution is 2.31. The zero-order valence-corrected chi connectivity index (χ0v) is 18.1. The molecule has 0 aromatic heterocycles. The number of nitriles is 1. The zero-order chi connectivity index (χ0) is 23.2. The quantitative estimate of drug-likeness (QED) is 0.394. The molecule has 0 atom stereocenters. The van der Waals surface area contributed by atoms with Gasteiger partial charge in [0.15, 0.2) is 0 Å². The number of fused-ring (bicyclic) bond motifs is 1. The standard InChI is InChI=1S/C27H24N2O4/c28-16-21(26(30)29-22-6-2-3-7-22)15-24-23-8-4-1-5-19(23)13-14-25(24)33-17-18-9-11-20(12-10-18)27(31)32/h1,4-5,8-15,22H,2-3,6-7,17H2,(H,29,30)(H,31,32)/b21-15-. The third-order valence-electron chi connectivity index (χ3n) is 5.87. The fourth-order valence-electron chi connectivity index (χ4n) is 4.08. The summed E-state index contributed by atoms with van der Waals surface area (Å²) in [5, 5.41) is 23.6. The van der Waals surface area contributed by atoms with Gasteiger partial charge in [-0.3, -0.25) is 4.79 Å². The highest BCUT2D eigenvalue weighted by molar-refractivity contribution is 6.05. The fourth-order valence-corrected chi connectivity index (χ4v) is 4.08. The second-order valence-electron chi connectivity index (χ2n) is 8.11. The molecule has 6 heteroatoms. The highest BCUT2D eigenvalue weighted by Gasteiger charge is 2.20. The summed E-state index contributed by atoms with van der Waals surface area (Å²) >= 11 is 0. The van der Waals surface area contributed by atoms with Crippen molar-refractivity contribution in [1.82, 2.24) is 5.32 Å². The maximum Gasteiger partial charge on any atom is 0.335 e.